The lowest BCUT2D eigenvalue weighted by Gasteiger charge is -2.20. The monoisotopic (exact) mass is 384 g/mol. The van der Waals surface area contributed by atoms with Gasteiger partial charge in [-0.3, -0.25) is 9.78 Å². The smallest absolute Gasteiger partial charge is 0.268 e. The van der Waals surface area contributed by atoms with Crippen molar-refractivity contribution in [2.75, 3.05) is 25.6 Å². The number of aryl methyl sites for hydroxylation is 1. The zero-order valence-electron chi connectivity index (χ0n) is 15.2. The number of hydrogen-bond acceptors (Lipinski definition) is 7. The third-order valence-electron chi connectivity index (χ3n) is 4.61. The number of amides is 1. The van der Waals surface area contributed by atoms with E-state index in [1.165, 1.54) is 22.5 Å². The van der Waals surface area contributed by atoms with Gasteiger partial charge in [0, 0.05) is 6.42 Å². The normalized spacial score (nSPS) is 16.6. The lowest BCUT2D eigenvalue weighted by Crippen LogP contribution is -2.39. The van der Waals surface area contributed by atoms with Crippen molar-refractivity contribution in [3.63, 3.8) is 0 Å². The molecule has 0 aromatic carbocycles. The Labute approximate surface area is 160 Å². The molecule has 1 aliphatic carbocycles. The molecule has 2 aliphatic rings. The average molecular weight is 384 g/mol. The zero-order chi connectivity index (χ0) is 18.8. The van der Waals surface area contributed by atoms with Crippen LogP contribution in [-0.2, 0) is 9.47 Å². The molecule has 27 heavy (non-hydrogen) atoms. The Kier molecular flexibility index (Phi) is 5.00. The number of carbonyl (C=O) groups excluding carboxylic acids is 1. The van der Waals surface area contributed by atoms with Crippen molar-refractivity contribution in [2.24, 2.45) is 0 Å². The van der Waals surface area contributed by atoms with Crippen LogP contribution in [0.3, 0.4) is 0 Å². The Morgan fingerprint density at radius 2 is 2.11 bits per heavy atom. The summed E-state index contributed by atoms with van der Waals surface area (Å²) in [4.78, 5) is 26.3. The quantitative estimate of drug-likeness (QED) is 0.861. The van der Waals surface area contributed by atoms with Crippen LogP contribution in [0.2, 0.25) is 0 Å². The first kappa shape index (κ1) is 17.8. The fraction of sp³-hybridized carbons (Fsp3) is 0.368. The van der Waals surface area contributed by atoms with E-state index >= 15 is 0 Å². The Bertz CT molecular complexity index is 1040. The molecule has 1 N–H and O–H groups in total. The number of carbonyl (C=O) groups is 1. The third kappa shape index (κ3) is 3.63. The van der Waals surface area contributed by atoms with Crippen molar-refractivity contribution in [1.29, 1.82) is 0 Å². The fourth-order valence-electron chi connectivity index (χ4n) is 3.30. The van der Waals surface area contributed by atoms with Crippen LogP contribution < -0.4 is 16.0 Å². The van der Waals surface area contributed by atoms with E-state index in [4.69, 9.17) is 9.47 Å². The first-order chi connectivity index (χ1) is 13.2. The van der Waals surface area contributed by atoms with Crippen LogP contribution in [0.15, 0.2) is 24.0 Å². The third-order valence-corrected chi connectivity index (χ3v) is 5.52. The van der Waals surface area contributed by atoms with E-state index in [2.05, 4.69) is 26.3 Å². The molecule has 0 saturated carbocycles. The Hall–Kier alpha value is -2.58. The molecule has 4 rings (SSSR count). The number of ether oxygens (including phenoxy) is 2. The summed E-state index contributed by atoms with van der Waals surface area (Å²) in [5.74, 6) is 0.959. The van der Waals surface area contributed by atoms with Crippen LogP contribution in [0.5, 0.6) is 0 Å². The van der Waals surface area contributed by atoms with E-state index in [-0.39, 0.29) is 5.91 Å². The van der Waals surface area contributed by atoms with Crippen LogP contribution in [0.25, 0.3) is 11.3 Å². The minimum absolute atomic E-state index is 0.235. The molecular weight excluding hydrogens is 364 g/mol. The van der Waals surface area contributed by atoms with Crippen LogP contribution in [0, 0.1) is 6.92 Å². The van der Waals surface area contributed by atoms with E-state index in [9.17, 15) is 4.79 Å². The van der Waals surface area contributed by atoms with Gasteiger partial charge in [-0.15, -0.1) is 11.3 Å². The van der Waals surface area contributed by atoms with Crippen molar-refractivity contribution >= 4 is 34.4 Å². The molecule has 7 nitrogen and oxygen atoms in total. The summed E-state index contributed by atoms with van der Waals surface area (Å²) in [6.07, 6.45) is 7.78. The number of anilines is 1. The molecule has 2 aromatic rings. The Morgan fingerprint density at radius 1 is 1.22 bits per heavy atom. The predicted octanol–water partition coefficient (Wildman–Crippen LogP) is 1.54. The molecule has 0 atom stereocenters. The molecule has 140 valence electrons. The largest absolute Gasteiger partial charge is 0.499 e. The molecule has 0 saturated heterocycles. The second kappa shape index (κ2) is 7.58. The summed E-state index contributed by atoms with van der Waals surface area (Å²) in [7, 11) is 1.64. The number of thiazole rings is 1. The average Bonchev–Trinajstić information content (AvgIpc) is 3.14. The highest BCUT2D eigenvalue weighted by atomic mass is 32.1. The summed E-state index contributed by atoms with van der Waals surface area (Å²) in [6, 6.07) is 0. The summed E-state index contributed by atoms with van der Waals surface area (Å²) >= 11 is 1.34. The highest BCUT2D eigenvalue weighted by molar-refractivity contribution is 7.13. The second-order valence-corrected chi connectivity index (χ2v) is 7.55. The maximum Gasteiger partial charge on any atom is 0.268 e. The molecule has 0 radical (unpaired) electrons. The zero-order valence-corrected chi connectivity index (χ0v) is 16.1. The molecule has 3 heterocycles. The lowest BCUT2D eigenvalue weighted by atomic mass is 9.93. The van der Waals surface area contributed by atoms with Crippen LogP contribution in [-0.4, -0.2) is 41.2 Å². The molecule has 0 bridgehead atoms. The maximum atomic E-state index is 12.4. The van der Waals surface area contributed by atoms with Gasteiger partial charge >= 0.3 is 0 Å². The van der Waals surface area contributed by atoms with Crippen LogP contribution in [0.4, 0.5) is 5.82 Å². The molecular formula is C19H20N4O3S. The minimum atomic E-state index is -0.235. The standard InChI is InChI=1S/C19H20N4O3S/c1-11-20-9-15(27-11)19(24)23-16-10-21-17-13(12-5-7-26-8-6-12)3-4-14(25-2)18(17)22-16/h5,9-10H,3-4,6-8H2,1-2H3,(H,22,23,24). The van der Waals surface area contributed by atoms with Crippen molar-refractivity contribution in [3.8, 4) is 0 Å². The highest BCUT2D eigenvalue weighted by Crippen LogP contribution is 2.25. The van der Waals surface area contributed by atoms with Crippen LogP contribution in [0.1, 0.15) is 33.9 Å². The van der Waals surface area contributed by atoms with Gasteiger partial charge in [0.1, 0.15) is 16.0 Å². The van der Waals surface area contributed by atoms with Crippen molar-refractivity contribution in [1.82, 2.24) is 15.0 Å². The summed E-state index contributed by atoms with van der Waals surface area (Å²) in [5.41, 5.74) is 2.46. The van der Waals surface area contributed by atoms with Crippen molar-refractivity contribution in [3.05, 3.63) is 44.6 Å². The van der Waals surface area contributed by atoms with E-state index in [1.807, 2.05) is 6.92 Å². The van der Waals surface area contributed by atoms with Gasteiger partial charge in [-0.25, -0.2) is 9.97 Å². The first-order valence-electron chi connectivity index (χ1n) is 8.80. The van der Waals surface area contributed by atoms with Crippen molar-refractivity contribution in [2.45, 2.75) is 26.2 Å². The van der Waals surface area contributed by atoms with Gasteiger partial charge in [0.05, 0.1) is 43.1 Å². The van der Waals surface area contributed by atoms with Gasteiger partial charge in [0.15, 0.2) is 5.82 Å². The summed E-state index contributed by atoms with van der Waals surface area (Å²) in [6.45, 7) is 3.22. The molecule has 0 spiro atoms. The Morgan fingerprint density at radius 3 is 2.81 bits per heavy atom. The number of rotatable bonds is 4. The van der Waals surface area contributed by atoms with E-state index in [0.717, 1.165) is 42.0 Å². The van der Waals surface area contributed by atoms with Gasteiger partial charge in [0.25, 0.3) is 5.91 Å². The van der Waals surface area contributed by atoms with E-state index in [0.29, 0.717) is 22.7 Å². The number of nitrogens with zero attached hydrogens (tertiary/aromatic N) is 3. The number of aromatic nitrogens is 3. The summed E-state index contributed by atoms with van der Waals surface area (Å²) in [5, 5.41) is 5.18. The molecule has 1 aliphatic heterocycles. The van der Waals surface area contributed by atoms with E-state index < -0.39 is 0 Å². The molecule has 2 aromatic heterocycles. The highest BCUT2D eigenvalue weighted by Gasteiger charge is 2.19. The number of nitrogens with one attached hydrogen (secondary N) is 1. The molecule has 1 amide bonds. The van der Waals surface area contributed by atoms with Crippen molar-refractivity contribution < 1.29 is 14.3 Å². The SMILES string of the molecule is COC1=c2nc(NC(=O)c3cnc(C)s3)cnc2=C(C2=CCOCC2)CC1. The predicted molar refractivity (Wildman–Crippen MR) is 103 cm³/mol. The number of fused-ring (bicyclic) bond motifs is 1. The topological polar surface area (TPSA) is 86.2 Å². The summed E-state index contributed by atoms with van der Waals surface area (Å²) < 4.78 is 11.0. The number of hydrogen-bond donors (Lipinski definition) is 1. The van der Waals surface area contributed by atoms with Crippen LogP contribution >= 0.6 is 11.3 Å². The van der Waals surface area contributed by atoms with Gasteiger partial charge in [-0.2, -0.15) is 0 Å². The lowest BCUT2D eigenvalue weighted by molar-refractivity contribution is 0.103. The number of methoxy groups -OCH3 is 1. The molecule has 0 unspecified atom stereocenters. The first-order valence-corrected chi connectivity index (χ1v) is 9.61. The minimum Gasteiger partial charge on any atom is -0.499 e. The fourth-order valence-corrected chi connectivity index (χ4v) is 3.97. The molecule has 0 fully saturated rings. The maximum absolute atomic E-state index is 12.4. The van der Waals surface area contributed by atoms with E-state index in [1.54, 1.807) is 19.5 Å². The Balaban J connectivity index is 1.74. The van der Waals surface area contributed by atoms with Gasteiger partial charge in [-0.1, -0.05) is 6.08 Å². The molecule has 8 heteroatoms. The van der Waals surface area contributed by atoms with Gasteiger partial charge in [0.2, 0.25) is 0 Å². The van der Waals surface area contributed by atoms with Gasteiger partial charge < -0.3 is 14.8 Å². The van der Waals surface area contributed by atoms with Gasteiger partial charge in [-0.05, 0) is 30.9 Å². The second-order valence-electron chi connectivity index (χ2n) is 6.31.